The molecule has 2 aliphatic rings. The van der Waals surface area contributed by atoms with Gasteiger partial charge >= 0.3 is 6.09 Å². The molecule has 2 unspecified atom stereocenters. The zero-order chi connectivity index (χ0) is 36.3. The van der Waals surface area contributed by atoms with Gasteiger partial charge in [0.15, 0.2) is 11.9 Å². The molecule has 272 valence electrons. The summed E-state index contributed by atoms with van der Waals surface area (Å²) in [5.74, 6) is 0.491. The summed E-state index contributed by atoms with van der Waals surface area (Å²) < 4.78 is 14.4. The van der Waals surface area contributed by atoms with Gasteiger partial charge in [-0.2, -0.15) is 9.61 Å². The van der Waals surface area contributed by atoms with Gasteiger partial charge in [-0.15, -0.1) is 0 Å². The normalized spacial score (nSPS) is 19.1. The van der Waals surface area contributed by atoms with Gasteiger partial charge in [0.1, 0.15) is 19.3 Å². The molecule has 2 bridgehead atoms. The van der Waals surface area contributed by atoms with Gasteiger partial charge in [0, 0.05) is 70.3 Å². The monoisotopic (exact) mass is 728 g/mol. The predicted molar refractivity (Wildman–Crippen MR) is 206 cm³/mol. The molecule has 0 saturated carbocycles. The van der Waals surface area contributed by atoms with Crippen LogP contribution < -0.4 is 4.90 Å². The van der Waals surface area contributed by atoms with Crippen LogP contribution in [0.2, 0.25) is 51.4 Å². The highest BCUT2D eigenvalue weighted by atomic mass is 28.3. The molecular formula is C38H52N6O5Si2. The van der Waals surface area contributed by atoms with Crippen molar-refractivity contribution in [1.82, 2.24) is 24.5 Å². The topological polar surface area (TPSA) is 122 Å². The number of fused-ring (bicyclic) bond motifs is 3. The van der Waals surface area contributed by atoms with Crippen LogP contribution in [0.4, 0.5) is 10.6 Å². The molecule has 2 atom stereocenters. The molecule has 6 rings (SSSR count). The Labute approximate surface area is 303 Å². The highest BCUT2D eigenvalue weighted by Crippen LogP contribution is 2.45. The molecule has 51 heavy (non-hydrogen) atoms. The number of amides is 1. The van der Waals surface area contributed by atoms with E-state index < -0.39 is 22.2 Å². The smallest absolute Gasteiger partial charge is 0.407 e. The summed E-state index contributed by atoms with van der Waals surface area (Å²) in [5.41, 5.74) is 5.30. The maximum Gasteiger partial charge on any atom is 0.407 e. The quantitative estimate of drug-likeness (QED) is 0.0560. The van der Waals surface area contributed by atoms with Gasteiger partial charge in [-0.05, 0) is 43.8 Å². The van der Waals surface area contributed by atoms with Gasteiger partial charge in [0.05, 0.1) is 23.1 Å². The summed E-state index contributed by atoms with van der Waals surface area (Å²) in [5, 5.41) is 14.8. The van der Waals surface area contributed by atoms with Crippen molar-refractivity contribution in [2.24, 2.45) is 0 Å². The molecule has 2 fully saturated rings. The summed E-state index contributed by atoms with van der Waals surface area (Å²) in [7, 11) is -2.68. The number of carbonyl (C=O) groups is 2. The Bertz CT molecular complexity index is 1790. The molecule has 1 amide bonds. The number of hydrogen-bond acceptors (Lipinski definition) is 8. The number of ether oxygens (including phenoxy) is 2. The Kier molecular flexibility index (Phi) is 11.1. The molecule has 11 nitrogen and oxygen atoms in total. The fourth-order valence-electron chi connectivity index (χ4n) is 7.25. The van der Waals surface area contributed by atoms with Gasteiger partial charge in [0.2, 0.25) is 0 Å². The van der Waals surface area contributed by atoms with E-state index in [4.69, 9.17) is 24.5 Å². The first-order valence-corrected chi connectivity index (χ1v) is 25.5. The van der Waals surface area contributed by atoms with Gasteiger partial charge in [-0.25, -0.2) is 9.78 Å². The number of piperidine rings is 1. The van der Waals surface area contributed by atoms with Crippen LogP contribution in [0.1, 0.15) is 47.7 Å². The second-order valence-electron chi connectivity index (χ2n) is 16.4. The highest BCUT2D eigenvalue weighted by Gasteiger charge is 2.45. The van der Waals surface area contributed by atoms with Gasteiger partial charge in [-0.1, -0.05) is 75.7 Å². The maximum atomic E-state index is 13.3. The molecule has 0 aliphatic carbocycles. The van der Waals surface area contributed by atoms with Crippen LogP contribution in [-0.4, -0.2) is 96.9 Å². The van der Waals surface area contributed by atoms with Gasteiger partial charge < -0.3 is 24.4 Å². The SMILES string of the molecule is C[Si](C)(C)CCOCN(COCC[Si](C)(C)C)c1c(C=O)c(C2CC3CCC(C2)N3C(=O)O)nc2c(-c3ccc(-c4ccccc4)nc3)cnn12. The molecule has 4 aromatic rings. The van der Waals surface area contributed by atoms with Crippen molar-refractivity contribution in [3.05, 3.63) is 66.1 Å². The Morgan fingerprint density at radius 2 is 1.53 bits per heavy atom. The number of anilines is 1. The first-order chi connectivity index (χ1) is 24.3. The molecule has 0 radical (unpaired) electrons. The lowest BCUT2D eigenvalue weighted by Crippen LogP contribution is -2.45. The molecule has 3 aromatic heterocycles. The second-order valence-corrected chi connectivity index (χ2v) is 27.7. The van der Waals surface area contributed by atoms with E-state index in [2.05, 4.69) is 39.3 Å². The molecule has 2 saturated heterocycles. The Morgan fingerprint density at radius 3 is 2.06 bits per heavy atom. The van der Waals surface area contributed by atoms with Crippen LogP contribution in [-0.2, 0) is 9.47 Å². The molecule has 2 aliphatic heterocycles. The van der Waals surface area contributed by atoms with Crippen LogP contribution in [0.5, 0.6) is 0 Å². The van der Waals surface area contributed by atoms with Gasteiger partial charge in [0.25, 0.3) is 0 Å². The van der Waals surface area contributed by atoms with Crippen molar-refractivity contribution in [1.29, 1.82) is 0 Å². The average Bonchev–Trinajstić information content (AvgIpc) is 3.64. The number of hydrogen-bond donors (Lipinski definition) is 1. The fraction of sp³-hybridized carbons (Fsp3) is 0.500. The highest BCUT2D eigenvalue weighted by molar-refractivity contribution is 6.76. The lowest BCUT2D eigenvalue weighted by atomic mass is 9.86. The van der Waals surface area contributed by atoms with E-state index in [1.54, 1.807) is 15.6 Å². The summed E-state index contributed by atoms with van der Waals surface area (Å²) >= 11 is 0. The average molecular weight is 729 g/mol. The number of aldehydes is 1. The van der Waals surface area contributed by atoms with E-state index >= 15 is 0 Å². The standard InChI is InChI=1S/C38H52N6O5Si2/c1-50(2,3)18-16-48-25-42(26-49-17-19-51(4,5)6)37-33(24-45)35(29-20-30-13-14-31(21-29)43(30)38(46)47)41-36-32(23-40-44(36)37)28-12-15-34(39-22-28)27-10-8-7-9-11-27/h7-12,15,22-24,29-31H,13-14,16-21,25-26H2,1-6H3,(H,46,47). The number of aromatic nitrogens is 4. The van der Waals surface area contributed by atoms with E-state index in [1.165, 1.54) is 0 Å². The van der Waals surface area contributed by atoms with E-state index in [9.17, 15) is 14.7 Å². The van der Waals surface area contributed by atoms with Crippen molar-refractivity contribution >= 4 is 40.0 Å². The zero-order valence-electron chi connectivity index (χ0n) is 30.8. The molecule has 1 aromatic carbocycles. The fourth-order valence-corrected chi connectivity index (χ4v) is 8.76. The molecular weight excluding hydrogens is 677 g/mol. The van der Waals surface area contributed by atoms with E-state index in [0.717, 1.165) is 53.6 Å². The Morgan fingerprint density at radius 1 is 0.902 bits per heavy atom. The number of rotatable bonds is 15. The zero-order valence-corrected chi connectivity index (χ0v) is 32.8. The molecule has 5 heterocycles. The van der Waals surface area contributed by atoms with Gasteiger partial charge in [-0.3, -0.25) is 9.78 Å². The van der Waals surface area contributed by atoms with E-state index in [0.29, 0.717) is 48.8 Å². The minimum atomic E-state index is -1.34. The molecule has 13 heteroatoms. The Hall–Kier alpha value is -3.92. The predicted octanol–water partition coefficient (Wildman–Crippen LogP) is 8.09. The van der Waals surface area contributed by atoms with Crippen molar-refractivity contribution in [3.8, 4) is 22.4 Å². The molecule has 0 spiro atoms. The van der Waals surface area contributed by atoms with Crippen molar-refractivity contribution in [2.75, 3.05) is 31.6 Å². The summed E-state index contributed by atoms with van der Waals surface area (Å²) in [4.78, 5) is 39.0. The summed E-state index contributed by atoms with van der Waals surface area (Å²) in [6.45, 7) is 15.6. The lowest BCUT2D eigenvalue weighted by molar-refractivity contribution is 0.0926. The van der Waals surface area contributed by atoms with Crippen molar-refractivity contribution in [2.45, 2.75) is 95.1 Å². The van der Waals surface area contributed by atoms with Crippen molar-refractivity contribution < 1.29 is 24.2 Å². The summed E-state index contributed by atoms with van der Waals surface area (Å²) in [6, 6.07) is 15.9. The minimum Gasteiger partial charge on any atom is -0.465 e. The largest absolute Gasteiger partial charge is 0.465 e. The van der Waals surface area contributed by atoms with Crippen LogP contribution in [0.15, 0.2) is 54.9 Å². The van der Waals surface area contributed by atoms with Crippen LogP contribution >= 0.6 is 0 Å². The lowest BCUT2D eigenvalue weighted by Gasteiger charge is -2.37. The first kappa shape index (κ1) is 36.9. The number of carbonyl (C=O) groups excluding carboxylic acids is 1. The first-order valence-electron chi connectivity index (χ1n) is 18.1. The number of carboxylic acid groups (broad SMARTS) is 1. The van der Waals surface area contributed by atoms with Crippen LogP contribution in [0.25, 0.3) is 28.0 Å². The third-order valence-electron chi connectivity index (χ3n) is 10.1. The third kappa shape index (κ3) is 8.59. The van der Waals surface area contributed by atoms with E-state index in [1.807, 2.05) is 53.6 Å². The number of pyridine rings is 1. The van der Waals surface area contributed by atoms with Crippen LogP contribution in [0, 0.1) is 0 Å². The maximum absolute atomic E-state index is 13.3. The third-order valence-corrected chi connectivity index (χ3v) is 13.5. The summed E-state index contributed by atoms with van der Waals surface area (Å²) in [6.07, 6.45) is 6.51. The number of benzene rings is 1. The minimum absolute atomic E-state index is 0.0918. The van der Waals surface area contributed by atoms with E-state index in [-0.39, 0.29) is 31.5 Å². The Balaban J connectivity index is 1.44. The second kappa shape index (κ2) is 15.4. The molecule has 1 N–H and O–H groups in total. The van der Waals surface area contributed by atoms with Crippen molar-refractivity contribution in [3.63, 3.8) is 0 Å². The number of nitrogens with zero attached hydrogens (tertiary/aromatic N) is 6. The van der Waals surface area contributed by atoms with Crippen LogP contribution in [0.3, 0.4) is 0 Å².